The Morgan fingerprint density at radius 3 is 2.70 bits per heavy atom. The highest BCUT2D eigenvalue weighted by atomic mass is 32.1. The van der Waals surface area contributed by atoms with Gasteiger partial charge >= 0.3 is 0 Å². The fourth-order valence-electron chi connectivity index (χ4n) is 2.08. The molecule has 4 nitrogen and oxygen atoms in total. The SMILES string of the molecule is Cc1ccnc2sc(C(=O)Nc3ccccc3)c(N)c12. The van der Waals surface area contributed by atoms with Crippen LogP contribution in [0.2, 0.25) is 0 Å². The van der Waals surface area contributed by atoms with Crippen LogP contribution in [0.25, 0.3) is 10.2 Å². The average Bonchev–Trinajstić information content (AvgIpc) is 2.79. The Balaban J connectivity index is 2.00. The second-order valence-electron chi connectivity index (χ2n) is 4.47. The van der Waals surface area contributed by atoms with Gasteiger partial charge in [-0.25, -0.2) is 4.98 Å². The van der Waals surface area contributed by atoms with E-state index >= 15 is 0 Å². The first-order valence-corrected chi connectivity index (χ1v) is 6.98. The molecule has 2 heterocycles. The number of pyridine rings is 1. The molecule has 0 spiro atoms. The average molecular weight is 283 g/mol. The zero-order valence-electron chi connectivity index (χ0n) is 10.9. The molecule has 100 valence electrons. The first-order chi connectivity index (χ1) is 9.66. The molecule has 0 atom stereocenters. The number of aryl methyl sites for hydroxylation is 1. The number of hydrogen-bond acceptors (Lipinski definition) is 4. The van der Waals surface area contributed by atoms with E-state index in [1.54, 1.807) is 6.20 Å². The Morgan fingerprint density at radius 1 is 1.25 bits per heavy atom. The summed E-state index contributed by atoms with van der Waals surface area (Å²) in [6, 6.07) is 11.2. The summed E-state index contributed by atoms with van der Waals surface area (Å²) in [6.45, 7) is 1.96. The first kappa shape index (κ1) is 12.6. The van der Waals surface area contributed by atoms with E-state index in [0.29, 0.717) is 10.6 Å². The summed E-state index contributed by atoms with van der Waals surface area (Å²) in [7, 11) is 0. The first-order valence-electron chi connectivity index (χ1n) is 6.17. The van der Waals surface area contributed by atoms with Gasteiger partial charge in [0.1, 0.15) is 9.71 Å². The predicted molar refractivity (Wildman–Crippen MR) is 83.2 cm³/mol. The standard InChI is InChI=1S/C15H13N3OS/c1-9-7-8-17-15-11(9)12(16)13(20-15)14(19)18-10-5-3-2-4-6-10/h2-8H,16H2,1H3,(H,18,19). The quantitative estimate of drug-likeness (QED) is 0.757. The van der Waals surface area contributed by atoms with Gasteiger partial charge in [0, 0.05) is 17.3 Å². The topological polar surface area (TPSA) is 68.0 Å². The number of amides is 1. The molecule has 2 aromatic heterocycles. The molecule has 3 aromatic rings. The Hall–Kier alpha value is -2.40. The number of hydrogen-bond donors (Lipinski definition) is 2. The summed E-state index contributed by atoms with van der Waals surface area (Å²) in [5.74, 6) is -0.198. The van der Waals surface area contributed by atoms with E-state index in [1.165, 1.54) is 11.3 Å². The Morgan fingerprint density at radius 2 is 2.00 bits per heavy atom. The summed E-state index contributed by atoms with van der Waals surface area (Å²) < 4.78 is 0. The van der Waals surface area contributed by atoms with Crippen LogP contribution in [-0.2, 0) is 0 Å². The van der Waals surface area contributed by atoms with Crippen molar-refractivity contribution >= 4 is 38.8 Å². The molecule has 0 saturated heterocycles. The molecule has 0 bridgehead atoms. The Bertz CT molecular complexity index is 780. The number of carbonyl (C=O) groups excluding carboxylic acids is 1. The molecule has 20 heavy (non-hydrogen) atoms. The molecule has 0 aliphatic carbocycles. The van der Waals surface area contributed by atoms with Gasteiger partial charge in [0.15, 0.2) is 0 Å². The van der Waals surface area contributed by atoms with Crippen molar-refractivity contribution in [3.8, 4) is 0 Å². The van der Waals surface area contributed by atoms with E-state index < -0.39 is 0 Å². The van der Waals surface area contributed by atoms with Gasteiger partial charge in [-0.3, -0.25) is 4.79 Å². The summed E-state index contributed by atoms with van der Waals surface area (Å²) in [5.41, 5.74) is 8.39. The van der Waals surface area contributed by atoms with Gasteiger partial charge in [-0.15, -0.1) is 11.3 Å². The smallest absolute Gasteiger partial charge is 0.267 e. The number of fused-ring (bicyclic) bond motifs is 1. The summed E-state index contributed by atoms with van der Waals surface area (Å²) in [6.07, 6.45) is 1.73. The number of nitrogen functional groups attached to an aromatic ring is 1. The lowest BCUT2D eigenvalue weighted by Gasteiger charge is -2.03. The van der Waals surface area contributed by atoms with Crippen LogP contribution in [0, 0.1) is 6.92 Å². The van der Waals surface area contributed by atoms with Crippen molar-refractivity contribution in [3.63, 3.8) is 0 Å². The molecule has 1 amide bonds. The van der Waals surface area contributed by atoms with Crippen LogP contribution in [0.5, 0.6) is 0 Å². The number of nitrogens with one attached hydrogen (secondary N) is 1. The highest BCUT2D eigenvalue weighted by Crippen LogP contribution is 2.34. The number of carbonyl (C=O) groups is 1. The Kier molecular flexibility index (Phi) is 3.12. The number of para-hydroxylation sites is 1. The van der Waals surface area contributed by atoms with Crippen LogP contribution in [0.1, 0.15) is 15.2 Å². The normalized spacial score (nSPS) is 10.7. The fourth-order valence-corrected chi connectivity index (χ4v) is 3.12. The lowest BCUT2D eigenvalue weighted by Crippen LogP contribution is -2.11. The number of aromatic nitrogens is 1. The number of anilines is 2. The van der Waals surface area contributed by atoms with Gasteiger partial charge in [-0.05, 0) is 30.7 Å². The van der Waals surface area contributed by atoms with Crippen LogP contribution >= 0.6 is 11.3 Å². The van der Waals surface area contributed by atoms with Gasteiger partial charge in [-0.1, -0.05) is 18.2 Å². The second-order valence-corrected chi connectivity index (χ2v) is 5.47. The number of rotatable bonds is 2. The maximum absolute atomic E-state index is 12.3. The van der Waals surface area contributed by atoms with Gasteiger partial charge < -0.3 is 11.1 Å². The fraction of sp³-hybridized carbons (Fsp3) is 0.0667. The van der Waals surface area contributed by atoms with E-state index in [1.807, 2.05) is 43.3 Å². The largest absolute Gasteiger partial charge is 0.397 e. The zero-order chi connectivity index (χ0) is 14.1. The van der Waals surface area contributed by atoms with Crippen molar-refractivity contribution in [2.75, 3.05) is 11.1 Å². The van der Waals surface area contributed by atoms with Crippen LogP contribution < -0.4 is 11.1 Å². The molecule has 0 aliphatic rings. The van der Waals surface area contributed by atoms with Gasteiger partial charge in [0.05, 0.1) is 5.69 Å². The molecule has 3 rings (SSSR count). The van der Waals surface area contributed by atoms with E-state index in [4.69, 9.17) is 5.73 Å². The minimum atomic E-state index is -0.198. The maximum atomic E-state index is 12.3. The number of thiophene rings is 1. The minimum absolute atomic E-state index is 0.198. The molecule has 5 heteroatoms. The summed E-state index contributed by atoms with van der Waals surface area (Å²) in [4.78, 5) is 17.9. The maximum Gasteiger partial charge on any atom is 0.267 e. The molecular formula is C15H13N3OS. The number of nitrogens with two attached hydrogens (primary N) is 1. The second kappa shape index (κ2) is 4.94. The van der Waals surface area contributed by atoms with Crippen molar-refractivity contribution in [2.24, 2.45) is 0 Å². The Labute approximate surface area is 120 Å². The molecule has 3 N–H and O–H groups in total. The van der Waals surface area contributed by atoms with Crippen LogP contribution in [-0.4, -0.2) is 10.9 Å². The van der Waals surface area contributed by atoms with Crippen molar-refractivity contribution in [2.45, 2.75) is 6.92 Å². The van der Waals surface area contributed by atoms with Crippen molar-refractivity contribution in [1.82, 2.24) is 4.98 Å². The molecular weight excluding hydrogens is 270 g/mol. The van der Waals surface area contributed by atoms with E-state index in [2.05, 4.69) is 10.3 Å². The molecule has 0 unspecified atom stereocenters. The van der Waals surface area contributed by atoms with Gasteiger partial charge in [-0.2, -0.15) is 0 Å². The van der Waals surface area contributed by atoms with Crippen LogP contribution in [0.4, 0.5) is 11.4 Å². The number of nitrogens with zero attached hydrogens (tertiary/aromatic N) is 1. The van der Waals surface area contributed by atoms with Crippen molar-refractivity contribution in [1.29, 1.82) is 0 Å². The molecule has 1 aromatic carbocycles. The van der Waals surface area contributed by atoms with E-state index in [0.717, 1.165) is 21.5 Å². The van der Waals surface area contributed by atoms with E-state index in [-0.39, 0.29) is 5.91 Å². The van der Waals surface area contributed by atoms with Crippen LogP contribution in [0.15, 0.2) is 42.6 Å². The zero-order valence-corrected chi connectivity index (χ0v) is 11.7. The van der Waals surface area contributed by atoms with Crippen molar-refractivity contribution < 1.29 is 4.79 Å². The molecule has 0 saturated carbocycles. The third-order valence-electron chi connectivity index (χ3n) is 3.08. The third-order valence-corrected chi connectivity index (χ3v) is 4.19. The lowest BCUT2D eigenvalue weighted by atomic mass is 10.1. The predicted octanol–water partition coefficient (Wildman–Crippen LogP) is 3.44. The third kappa shape index (κ3) is 2.12. The molecule has 0 radical (unpaired) electrons. The molecule has 0 fully saturated rings. The van der Waals surface area contributed by atoms with Gasteiger partial charge in [0.25, 0.3) is 5.91 Å². The highest BCUT2D eigenvalue weighted by Gasteiger charge is 2.18. The van der Waals surface area contributed by atoms with Crippen LogP contribution in [0.3, 0.4) is 0 Å². The highest BCUT2D eigenvalue weighted by molar-refractivity contribution is 7.21. The van der Waals surface area contributed by atoms with Gasteiger partial charge in [0.2, 0.25) is 0 Å². The molecule has 0 aliphatic heterocycles. The minimum Gasteiger partial charge on any atom is -0.397 e. The lowest BCUT2D eigenvalue weighted by molar-refractivity contribution is 0.103. The van der Waals surface area contributed by atoms with E-state index in [9.17, 15) is 4.79 Å². The summed E-state index contributed by atoms with van der Waals surface area (Å²) in [5, 5.41) is 3.71. The van der Waals surface area contributed by atoms with Crippen molar-refractivity contribution in [3.05, 3.63) is 53.0 Å². The summed E-state index contributed by atoms with van der Waals surface area (Å²) >= 11 is 1.32. The number of benzene rings is 1. The monoisotopic (exact) mass is 283 g/mol.